The molecule has 0 aliphatic carbocycles. The average molecular weight is 225 g/mol. The Balaban J connectivity index is 2.29. The molecule has 0 unspecified atom stereocenters. The van der Waals surface area contributed by atoms with Gasteiger partial charge in [-0.3, -0.25) is 4.79 Å². The smallest absolute Gasteiger partial charge is 0.239 e. The van der Waals surface area contributed by atoms with E-state index in [9.17, 15) is 9.18 Å². The van der Waals surface area contributed by atoms with Crippen molar-refractivity contribution in [2.24, 2.45) is 5.92 Å². The lowest BCUT2D eigenvalue weighted by Crippen LogP contribution is -2.32. The highest BCUT2D eigenvalue weighted by atomic mass is 19.1. The number of hydrogen-bond donors (Lipinski definition) is 2. The maximum absolute atomic E-state index is 12.5. The summed E-state index contributed by atoms with van der Waals surface area (Å²) in [6.07, 6.45) is 1.11. The highest BCUT2D eigenvalue weighted by molar-refractivity contribution is 5.80. The Hall–Kier alpha value is -1.65. The fraction of sp³-hybridized carbons (Fsp3) is 0.455. The second-order valence-corrected chi connectivity index (χ2v) is 3.91. The highest BCUT2D eigenvalue weighted by Gasteiger charge is 2.02. The third-order valence-corrected chi connectivity index (χ3v) is 1.86. The van der Waals surface area contributed by atoms with Crippen LogP contribution in [0.4, 0.5) is 10.2 Å². The quantitative estimate of drug-likeness (QED) is 0.796. The van der Waals surface area contributed by atoms with Crippen molar-refractivity contribution in [3.05, 3.63) is 24.1 Å². The SMILES string of the molecule is CC(C)CNC(=O)CNc1ccc(F)cn1. The van der Waals surface area contributed by atoms with E-state index in [1.165, 1.54) is 12.1 Å². The van der Waals surface area contributed by atoms with Crippen molar-refractivity contribution < 1.29 is 9.18 Å². The number of anilines is 1. The summed E-state index contributed by atoms with van der Waals surface area (Å²) in [5, 5.41) is 5.57. The van der Waals surface area contributed by atoms with Crippen LogP contribution in [0.5, 0.6) is 0 Å². The molecule has 88 valence electrons. The lowest BCUT2D eigenvalue weighted by Gasteiger charge is -2.08. The van der Waals surface area contributed by atoms with Gasteiger partial charge in [0.1, 0.15) is 11.6 Å². The zero-order valence-electron chi connectivity index (χ0n) is 9.46. The van der Waals surface area contributed by atoms with E-state index in [1.807, 2.05) is 13.8 Å². The lowest BCUT2D eigenvalue weighted by molar-refractivity contribution is -0.119. The van der Waals surface area contributed by atoms with Crippen LogP contribution >= 0.6 is 0 Å². The van der Waals surface area contributed by atoms with E-state index in [1.54, 1.807) is 0 Å². The van der Waals surface area contributed by atoms with Crippen molar-refractivity contribution in [2.45, 2.75) is 13.8 Å². The van der Waals surface area contributed by atoms with Crippen molar-refractivity contribution in [3.8, 4) is 0 Å². The summed E-state index contributed by atoms with van der Waals surface area (Å²) < 4.78 is 12.5. The van der Waals surface area contributed by atoms with Crippen molar-refractivity contribution in [1.29, 1.82) is 0 Å². The summed E-state index contributed by atoms with van der Waals surface area (Å²) in [6.45, 7) is 4.84. The predicted octanol–water partition coefficient (Wildman–Crippen LogP) is 1.40. The van der Waals surface area contributed by atoms with Gasteiger partial charge in [0.05, 0.1) is 12.7 Å². The Kier molecular flexibility index (Phi) is 4.69. The van der Waals surface area contributed by atoms with E-state index in [0.717, 1.165) is 6.20 Å². The normalized spacial score (nSPS) is 10.2. The van der Waals surface area contributed by atoms with Gasteiger partial charge in [0.15, 0.2) is 0 Å². The molecule has 0 aliphatic rings. The molecule has 0 fully saturated rings. The number of hydrogen-bond acceptors (Lipinski definition) is 3. The van der Waals surface area contributed by atoms with Crippen molar-refractivity contribution in [3.63, 3.8) is 0 Å². The molecule has 1 heterocycles. The molecule has 1 aromatic rings. The fourth-order valence-corrected chi connectivity index (χ4v) is 1.03. The summed E-state index contributed by atoms with van der Waals surface area (Å²) in [7, 11) is 0. The fourth-order valence-electron chi connectivity index (χ4n) is 1.03. The van der Waals surface area contributed by atoms with Crippen LogP contribution in [0.1, 0.15) is 13.8 Å². The van der Waals surface area contributed by atoms with Gasteiger partial charge in [0.2, 0.25) is 5.91 Å². The number of rotatable bonds is 5. The lowest BCUT2D eigenvalue weighted by atomic mass is 10.2. The number of aromatic nitrogens is 1. The molecule has 0 aromatic carbocycles. The molecule has 4 nitrogen and oxygen atoms in total. The second kappa shape index (κ2) is 6.05. The Labute approximate surface area is 94.3 Å². The third-order valence-electron chi connectivity index (χ3n) is 1.86. The summed E-state index contributed by atoms with van der Waals surface area (Å²) in [4.78, 5) is 15.1. The molecule has 0 spiro atoms. The Bertz CT molecular complexity index is 338. The highest BCUT2D eigenvalue weighted by Crippen LogP contribution is 2.02. The first-order chi connectivity index (χ1) is 7.58. The number of carbonyl (C=O) groups is 1. The van der Waals surface area contributed by atoms with Crippen LogP contribution in [-0.4, -0.2) is 24.0 Å². The minimum absolute atomic E-state index is 0.0974. The maximum atomic E-state index is 12.5. The predicted molar refractivity (Wildman–Crippen MR) is 60.5 cm³/mol. The Morgan fingerprint density at radius 3 is 2.81 bits per heavy atom. The zero-order valence-corrected chi connectivity index (χ0v) is 9.46. The van der Waals surface area contributed by atoms with Gasteiger partial charge >= 0.3 is 0 Å². The van der Waals surface area contributed by atoms with E-state index in [0.29, 0.717) is 18.3 Å². The Morgan fingerprint density at radius 1 is 1.50 bits per heavy atom. The molecule has 0 radical (unpaired) electrons. The maximum Gasteiger partial charge on any atom is 0.239 e. The minimum Gasteiger partial charge on any atom is -0.361 e. The number of halogens is 1. The first kappa shape index (κ1) is 12.4. The molecule has 1 aromatic heterocycles. The molecule has 16 heavy (non-hydrogen) atoms. The van der Waals surface area contributed by atoms with Crippen LogP contribution in [0.2, 0.25) is 0 Å². The van der Waals surface area contributed by atoms with E-state index in [2.05, 4.69) is 15.6 Å². The Morgan fingerprint density at radius 2 is 2.25 bits per heavy atom. The molecule has 0 bridgehead atoms. The summed E-state index contributed by atoms with van der Waals surface area (Å²) >= 11 is 0. The largest absolute Gasteiger partial charge is 0.361 e. The standard InChI is InChI=1S/C11H16FN3O/c1-8(2)5-15-11(16)7-14-10-4-3-9(12)6-13-10/h3-4,6,8H,5,7H2,1-2H3,(H,13,14)(H,15,16). The molecule has 1 rings (SSSR count). The molecule has 5 heteroatoms. The number of pyridine rings is 1. The van der Waals surface area contributed by atoms with Gasteiger partial charge in [-0.25, -0.2) is 9.37 Å². The number of amides is 1. The third kappa shape index (κ3) is 4.72. The first-order valence-corrected chi connectivity index (χ1v) is 5.20. The van der Waals surface area contributed by atoms with Crippen molar-refractivity contribution in [1.82, 2.24) is 10.3 Å². The summed E-state index contributed by atoms with van der Waals surface area (Å²) in [5.41, 5.74) is 0. The first-order valence-electron chi connectivity index (χ1n) is 5.20. The van der Waals surface area contributed by atoms with E-state index in [-0.39, 0.29) is 12.5 Å². The van der Waals surface area contributed by atoms with E-state index < -0.39 is 5.82 Å². The molecule has 0 aliphatic heterocycles. The van der Waals surface area contributed by atoms with Gasteiger partial charge in [0, 0.05) is 6.54 Å². The molecule has 0 saturated heterocycles. The van der Waals surface area contributed by atoms with Gasteiger partial charge in [-0.15, -0.1) is 0 Å². The second-order valence-electron chi connectivity index (χ2n) is 3.91. The van der Waals surface area contributed by atoms with E-state index >= 15 is 0 Å². The van der Waals surface area contributed by atoms with Gasteiger partial charge in [-0.05, 0) is 18.1 Å². The van der Waals surface area contributed by atoms with Crippen LogP contribution in [0.3, 0.4) is 0 Å². The topological polar surface area (TPSA) is 54.0 Å². The average Bonchev–Trinajstić information content (AvgIpc) is 2.25. The molecule has 2 N–H and O–H groups in total. The van der Waals surface area contributed by atoms with Crippen LogP contribution in [0.15, 0.2) is 18.3 Å². The van der Waals surface area contributed by atoms with Gasteiger partial charge < -0.3 is 10.6 Å². The number of nitrogens with one attached hydrogen (secondary N) is 2. The summed E-state index contributed by atoms with van der Waals surface area (Å²) in [5.74, 6) is 0.420. The van der Waals surface area contributed by atoms with Crippen LogP contribution in [0.25, 0.3) is 0 Å². The van der Waals surface area contributed by atoms with Crippen LogP contribution in [0, 0.1) is 11.7 Å². The molecular formula is C11H16FN3O. The number of nitrogens with zero attached hydrogens (tertiary/aromatic N) is 1. The molecule has 0 atom stereocenters. The van der Waals surface area contributed by atoms with Gasteiger partial charge in [-0.1, -0.05) is 13.8 Å². The van der Waals surface area contributed by atoms with Crippen molar-refractivity contribution >= 4 is 11.7 Å². The van der Waals surface area contributed by atoms with Crippen LogP contribution in [-0.2, 0) is 4.79 Å². The number of carbonyl (C=O) groups excluding carboxylic acids is 1. The van der Waals surface area contributed by atoms with Gasteiger partial charge in [-0.2, -0.15) is 0 Å². The minimum atomic E-state index is -0.394. The monoisotopic (exact) mass is 225 g/mol. The molecule has 1 amide bonds. The molecule has 0 saturated carbocycles. The van der Waals surface area contributed by atoms with Gasteiger partial charge in [0.25, 0.3) is 0 Å². The molecular weight excluding hydrogens is 209 g/mol. The zero-order chi connectivity index (χ0) is 12.0. The van der Waals surface area contributed by atoms with Crippen molar-refractivity contribution in [2.75, 3.05) is 18.4 Å². The van der Waals surface area contributed by atoms with E-state index in [4.69, 9.17) is 0 Å². The van der Waals surface area contributed by atoms with Crippen LogP contribution < -0.4 is 10.6 Å². The summed E-state index contributed by atoms with van der Waals surface area (Å²) in [6, 6.07) is 2.78.